The molecule has 2 aromatic rings. The zero-order valence-corrected chi connectivity index (χ0v) is 15.6. The Balaban J connectivity index is 2.23. The molecule has 3 nitrogen and oxygen atoms in total. The molecule has 1 unspecified atom stereocenters. The second-order valence-corrected chi connectivity index (χ2v) is 8.49. The molecule has 0 spiro atoms. The lowest BCUT2D eigenvalue weighted by Gasteiger charge is -2.22. The molecule has 3 rings (SSSR count). The average molecular weight is 408 g/mol. The molecular weight excluding hydrogens is 387 g/mol. The molecule has 0 saturated heterocycles. The van der Waals surface area contributed by atoms with Gasteiger partial charge in [-0.15, -0.1) is 0 Å². The summed E-state index contributed by atoms with van der Waals surface area (Å²) >= 11 is 2.30. The van der Waals surface area contributed by atoms with Crippen LogP contribution in [-0.2, 0) is 11.8 Å². The maximum absolute atomic E-state index is 12.6. The van der Waals surface area contributed by atoms with Crippen LogP contribution in [-0.4, -0.2) is 15.6 Å². The lowest BCUT2D eigenvalue weighted by molar-refractivity contribution is 0.0950. The summed E-state index contributed by atoms with van der Waals surface area (Å²) in [7, 11) is 0. The van der Waals surface area contributed by atoms with Gasteiger partial charge in [-0.3, -0.25) is 4.79 Å². The Hall–Kier alpha value is -1.17. The Morgan fingerprint density at radius 2 is 1.82 bits per heavy atom. The lowest BCUT2D eigenvalue weighted by atomic mass is 9.81. The molecule has 0 amide bonds. The van der Waals surface area contributed by atoms with E-state index < -0.39 is 0 Å². The minimum Gasteiger partial charge on any atom is -0.294 e. The first kappa shape index (κ1) is 15.7. The molecule has 0 fully saturated rings. The van der Waals surface area contributed by atoms with E-state index in [9.17, 15) is 4.79 Å². The predicted molar refractivity (Wildman–Crippen MR) is 96.8 cm³/mol. The van der Waals surface area contributed by atoms with Crippen molar-refractivity contribution in [3.8, 4) is 5.69 Å². The van der Waals surface area contributed by atoms with Gasteiger partial charge in [0, 0.05) is 15.4 Å². The second kappa shape index (κ2) is 5.48. The molecule has 1 heterocycles. The minimum atomic E-state index is -0.130. The highest BCUT2D eigenvalue weighted by Gasteiger charge is 2.34. The monoisotopic (exact) mass is 408 g/mol. The third-order valence-electron chi connectivity index (χ3n) is 4.12. The number of carbonyl (C=O) groups is 1. The van der Waals surface area contributed by atoms with Gasteiger partial charge >= 0.3 is 0 Å². The van der Waals surface area contributed by atoms with E-state index in [0.29, 0.717) is 12.3 Å². The molecule has 1 aromatic carbocycles. The highest BCUT2D eigenvalue weighted by molar-refractivity contribution is 14.1. The predicted octanol–water partition coefficient (Wildman–Crippen LogP) is 4.54. The van der Waals surface area contributed by atoms with Gasteiger partial charge in [0.25, 0.3) is 0 Å². The molecule has 0 aliphatic heterocycles. The summed E-state index contributed by atoms with van der Waals surface area (Å²) in [5.74, 6) is 0.627. The van der Waals surface area contributed by atoms with E-state index in [2.05, 4.69) is 74.6 Å². The smallest absolute Gasteiger partial charge is 0.166 e. The van der Waals surface area contributed by atoms with Gasteiger partial charge in [0.15, 0.2) is 5.78 Å². The van der Waals surface area contributed by atoms with Crippen molar-refractivity contribution in [2.75, 3.05) is 0 Å². The molecule has 22 heavy (non-hydrogen) atoms. The van der Waals surface area contributed by atoms with E-state index >= 15 is 0 Å². The van der Waals surface area contributed by atoms with Crippen LogP contribution in [0.5, 0.6) is 0 Å². The van der Waals surface area contributed by atoms with Crippen molar-refractivity contribution in [3.05, 3.63) is 44.8 Å². The van der Waals surface area contributed by atoms with E-state index in [4.69, 9.17) is 5.10 Å². The zero-order valence-electron chi connectivity index (χ0n) is 13.5. The fourth-order valence-corrected chi connectivity index (χ4v) is 3.44. The first-order chi connectivity index (χ1) is 10.3. The number of ketones is 1. The summed E-state index contributed by atoms with van der Waals surface area (Å²) in [5, 5.41) is 4.84. The molecule has 0 bridgehead atoms. The van der Waals surface area contributed by atoms with Gasteiger partial charge < -0.3 is 0 Å². The normalized spacial score (nSPS) is 18.4. The van der Waals surface area contributed by atoms with Crippen LogP contribution in [0.25, 0.3) is 5.69 Å². The minimum absolute atomic E-state index is 0.130. The van der Waals surface area contributed by atoms with Gasteiger partial charge in [0.1, 0.15) is 0 Å². The van der Waals surface area contributed by atoms with Crippen molar-refractivity contribution in [2.24, 2.45) is 5.92 Å². The van der Waals surface area contributed by atoms with Crippen LogP contribution < -0.4 is 0 Å². The van der Waals surface area contributed by atoms with Gasteiger partial charge in [0.2, 0.25) is 0 Å². The maximum atomic E-state index is 12.6. The molecule has 0 radical (unpaired) electrons. The summed E-state index contributed by atoms with van der Waals surface area (Å²) in [6.45, 7) is 8.51. The summed E-state index contributed by atoms with van der Waals surface area (Å²) in [6, 6.07) is 8.31. The van der Waals surface area contributed by atoms with Crippen LogP contribution in [0.2, 0.25) is 0 Å². The summed E-state index contributed by atoms with van der Waals surface area (Å²) < 4.78 is 3.18. The van der Waals surface area contributed by atoms with Gasteiger partial charge in [-0.1, -0.05) is 27.7 Å². The van der Waals surface area contributed by atoms with Gasteiger partial charge in [-0.05, 0) is 59.2 Å². The topological polar surface area (TPSA) is 34.9 Å². The molecule has 0 saturated carbocycles. The van der Waals surface area contributed by atoms with Gasteiger partial charge in [-0.25, -0.2) is 4.68 Å². The van der Waals surface area contributed by atoms with Crippen LogP contribution in [0, 0.1) is 9.49 Å². The van der Waals surface area contributed by atoms with Crippen LogP contribution in [0.3, 0.4) is 0 Å². The van der Waals surface area contributed by atoms with Crippen molar-refractivity contribution in [1.82, 2.24) is 9.78 Å². The zero-order chi connectivity index (χ0) is 16.1. The highest BCUT2D eigenvalue weighted by atomic mass is 127. The van der Waals surface area contributed by atoms with Crippen molar-refractivity contribution in [1.29, 1.82) is 0 Å². The number of fused-ring (bicyclic) bond motifs is 1. The van der Waals surface area contributed by atoms with Crippen LogP contribution in [0.4, 0.5) is 0 Å². The van der Waals surface area contributed by atoms with E-state index in [-0.39, 0.29) is 11.2 Å². The number of hydrogen-bond donors (Lipinski definition) is 0. The van der Waals surface area contributed by atoms with Crippen LogP contribution in [0.1, 0.15) is 55.9 Å². The Morgan fingerprint density at radius 3 is 2.41 bits per heavy atom. The quantitative estimate of drug-likeness (QED) is 0.650. The Bertz CT molecular complexity index is 723. The summed E-state index contributed by atoms with van der Waals surface area (Å²) in [5.41, 5.74) is 3.78. The SMILES string of the molecule is CC1CC(=O)c2c(C(C)(C)C)nn(-c3ccc(I)cc3)c2C1. The first-order valence-corrected chi connectivity index (χ1v) is 8.76. The third kappa shape index (κ3) is 2.73. The van der Waals surface area contributed by atoms with E-state index in [1.165, 1.54) is 3.57 Å². The Morgan fingerprint density at radius 1 is 1.18 bits per heavy atom. The Labute approximate surface area is 145 Å². The molecule has 1 aliphatic rings. The van der Waals surface area contributed by atoms with Crippen molar-refractivity contribution >= 4 is 28.4 Å². The van der Waals surface area contributed by atoms with Gasteiger partial charge in [0.05, 0.1) is 22.6 Å². The fraction of sp³-hybridized carbons (Fsp3) is 0.444. The number of nitrogens with zero attached hydrogens (tertiary/aromatic N) is 2. The molecule has 1 aliphatic carbocycles. The number of aromatic nitrogens is 2. The number of Topliss-reactive ketones (excluding diaryl/α,β-unsaturated/α-hetero) is 1. The standard InChI is InChI=1S/C18H21IN2O/c1-11-9-14-16(15(22)10-11)17(18(2,3)4)20-21(14)13-7-5-12(19)6-8-13/h5-8,11H,9-10H2,1-4H3. The Kier molecular flexibility index (Phi) is 3.91. The van der Waals surface area contributed by atoms with Crippen LogP contribution >= 0.6 is 22.6 Å². The molecule has 1 aromatic heterocycles. The lowest BCUT2D eigenvalue weighted by Crippen LogP contribution is -2.22. The number of rotatable bonds is 1. The van der Waals surface area contributed by atoms with Crippen molar-refractivity contribution in [3.63, 3.8) is 0 Å². The molecule has 4 heteroatoms. The summed E-state index contributed by atoms with van der Waals surface area (Å²) in [6.07, 6.45) is 1.55. The molecule has 0 N–H and O–H groups in total. The van der Waals surface area contributed by atoms with Crippen LogP contribution in [0.15, 0.2) is 24.3 Å². The summed E-state index contributed by atoms with van der Waals surface area (Å²) in [4.78, 5) is 12.6. The average Bonchev–Trinajstić information content (AvgIpc) is 2.79. The molecule has 116 valence electrons. The van der Waals surface area contributed by atoms with Crippen molar-refractivity contribution in [2.45, 2.75) is 46.0 Å². The van der Waals surface area contributed by atoms with E-state index in [0.717, 1.165) is 29.1 Å². The highest BCUT2D eigenvalue weighted by Crippen LogP contribution is 2.35. The number of halogens is 1. The van der Waals surface area contributed by atoms with Crippen molar-refractivity contribution < 1.29 is 4.79 Å². The molecule has 1 atom stereocenters. The number of benzene rings is 1. The first-order valence-electron chi connectivity index (χ1n) is 7.69. The maximum Gasteiger partial charge on any atom is 0.166 e. The number of hydrogen-bond acceptors (Lipinski definition) is 2. The fourth-order valence-electron chi connectivity index (χ4n) is 3.08. The third-order valence-corrected chi connectivity index (χ3v) is 4.84. The number of carbonyl (C=O) groups excluding carboxylic acids is 1. The van der Waals surface area contributed by atoms with E-state index in [1.54, 1.807) is 0 Å². The largest absolute Gasteiger partial charge is 0.294 e. The molecular formula is C18H21IN2O. The van der Waals surface area contributed by atoms with E-state index in [1.807, 2.05) is 4.68 Å². The second-order valence-electron chi connectivity index (χ2n) is 7.25. The van der Waals surface area contributed by atoms with Gasteiger partial charge in [-0.2, -0.15) is 5.10 Å².